The number of ether oxygens (including phenoxy) is 2. The molecule has 0 fully saturated rings. The van der Waals surface area contributed by atoms with E-state index in [1.807, 2.05) is 26.8 Å². The lowest BCUT2D eigenvalue weighted by Crippen LogP contribution is -2.44. The highest BCUT2D eigenvalue weighted by molar-refractivity contribution is 5.97. The maximum absolute atomic E-state index is 12.8. The molecule has 0 unspecified atom stereocenters. The molecule has 1 amide bonds. The molecule has 0 aromatic carbocycles. The summed E-state index contributed by atoms with van der Waals surface area (Å²) in [7, 11) is 0. The summed E-state index contributed by atoms with van der Waals surface area (Å²) in [4.78, 5) is 17.3. The summed E-state index contributed by atoms with van der Waals surface area (Å²) in [6.45, 7) is 13.3. The van der Waals surface area contributed by atoms with Gasteiger partial charge in [0.2, 0.25) is 5.88 Å². The number of hydrogen-bond acceptors (Lipinski definition) is 4. The monoisotopic (exact) mass is 350 g/mol. The lowest BCUT2D eigenvalue weighted by atomic mass is 9.93. The number of carbonyl (C=O) groups is 1. The van der Waals surface area contributed by atoms with Crippen LogP contribution in [0.3, 0.4) is 0 Å². The molecule has 1 aromatic heterocycles. The Hall–Kier alpha value is -1.62. The Labute approximate surface area is 152 Å². The van der Waals surface area contributed by atoms with Gasteiger partial charge in [0.05, 0.1) is 18.0 Å². The second kappa shape index (κ2) is 10.4. The number of aryl methyl sites for hydroxylation is 1. The third-order valence-electron chi connectivity index (χ3n) is 3.96. The van der Waals surface area contributed by atoms with Crippen molar-refractivity contribution < 1.29 is 14.3 Å². The predicted molar refractivity (Wildman–Crippen MR) is 102 cm³/mol. The van der Waals surface area contributed by atoms with Gasteiger partial charge in [-0.05, 0) is 45.1 Å². The Morgan fingerprint density at radius 2 is 1.96 bits per heavy atom. The van der Waals surface area contributed by atoms with E-state index in [9.17, 15) is 4.79 Å². The molecule has 1 atom stereocenters. The van der Waals surface area contributed by atoms with Crippen LogP contribution in [-0.4, -0.2) is 29.7 Å². The van der Waals surface area contributed by atoms with Crippen molar-refractivity contribution in [2.24, 2.45) is 5.92 Å². The van der Waals surface area contributed by atoms with Crippen molar-refractivity contribution in [2.45, 2.75) is 72.8 Å². The fraction of sp³-hybridized carbons (Fsp3) is 0.700. The molecule has 142 valence electrons. The highest BCUT2D eigenvalue weighted by Crippen LogP contribution is 2.25. The van der Waals surface area contributed by atoms with Gasteiger partial charge < -0.3 is 14.8 Å². The number of nitrogens with one attached hydrogen (secondary N) is 1. The fourth-order valence-corrected chi connectivity index (χ4v) is 2.65. The molecule has 0 aliphatic rings. The van der Waals surface area contributed by atoms with Crippen molar-refractivity contribution in [3.63, 3.8) is 0 Å². The van der Waals surface area contributed by atoms with E-state index < -0.39 is 5.60 Å². The third kappa shape index (κ3) is 7.02. The van der Waals surface area contributed by atoms with Crippen LogP contribution in [0.25, 0.3) is 0 Å². The van der Waals surface area contributed by atoms with Crippen LogP contribution in [-0.2, 0) is 9.53 Å². The minimum absolute atomic E-state index is 0.126. The quantitative estimate of drug-likeness (QED) is 0.586. The van der Waals surface area contributed by atoms with Gasteiger partial charge >= 0.3 is 0 Å². The van der Waals surface area contributed by atoms with Gasteiger partial charge in [-0.3, -0.25) is 4.79 Å². The molecule has 0 saturated heterocycles. The first-order valence-electron chi connectivity index (χ1n) is 9.38. The van der Waals surface area contributed by atoms with E-state index in [2.05, 4.69) is 31.1 Å². The molecule has 0 radical (unpaired) electrons. The van der Waals surface area contributed by atoms with Crippen LogP contribution in [0.2, 0.25) is 0 Å². The first-order chi connectivity index (χ1) is 11.8. The predicted octanol–water partition coefficient (Wildman–Crippen LogP) is 4.74. The average Bonchev–Trinajstić information content (AvgIpc) is 2.55. The zero-order valence-corrected chi connectivity index (χ0v) is 16.6. The van der Waals surface area contributed by atoms with E-state index in [4.69, 9.17) is 9.47 Å². The molecule has 5 heteroatoms. The molecule has 0 saturated carbocycles. The first kappa shape index (κ1) is 21.4. The summed E-state index contributed by atoms with van der Waals surface area (Å²) in [5.74, 6) is 0.830. The van der Waals surface area contributed by atoms with Gasteiger partial charge in [-0.25, -0.2) is 4.98 Å². The average molecular weight is 351 g/mol. The Bertz CT molecular complexity index is 546. The minimum Gasteiger partial charge on any atom is -0.478 e. The van der Waals surface area contributed by atoms with Crippen LogP contribution >= 0.6 is 0 Å². The smallest absolute Gasteiger partial charge is 0.256 e. The van der Waals surface area contributed by atoms with Crippen molar-refractivity contribution in [2.75, 3.05) is 18.5 Å². The van der Waals surface area contributed by atoms with Gasteiger partial charge in [-0.1, -0.05) is 34.1 Å². The minimum atomic E-state index is -0.840. The van der Waals surface area contributed by atoms with E-state index in [1.54, 1.807) is 6.07 Å². The second-order valence-corrected chi connectivity index (χ2v) is 7.12. The van der Waals surface area contributed by atoms with E-state index >= 15 is 0 Å². The molecule has 1 heterocycles. The molecule has 5 nitrogen and oxygen atoms in total. The third-order valence-corrected chi connectivity index (χ3v) is 3.96. The van der Waals surface area contributed by atoms with Crippen LogP contribution in [0, 0.1) is 12.8 Å². The zero-order valence-electron chi connectivity index (χ0n) is 16.6. The van der Waals surface area contributed by atoms with Crippen LogP contribution in [0.5, 0.6) is 5.88 Å². The number of unbranched alkanes of at least 4 members (excludes halogenated alkanes) is 1. The number of hydrogen-bond donors (Lipinski definition) is 1. The van der Waals surface area contributed by atoms with Crippen molar-refractivity contribution in [3.8, 4) is 5.88 Å². The highest BCUT2D eigenvalue weighted by atomic mass is 16.5. The molecule has 1 rings (SSSR count). The van der Waals surface area contributed by atoms with Gasteiger partial charge in [-0.2, -0.15) is 0 Å². The number of pyridine rings is 1. The molecular formula is C20H34N2O3. The van der Waals surface area contributed by atoms with Gasteiger partial charge in [0.15, 0.2) is 0 Å². The molecule has 0 bridgehead atoms. The maximum Gasteiger partial charge on any atom is 0.256 e. The van der Waals surface area contributed by atoms with Crippen LogP contribution in [0.4, 0.5) is 5.69 Å². The van der Waals surface area contributed by atoms with Crippen molar-refractivity contribution in [3.05, 3.63) is 17.8 Å². The molecule has 1 aromatic rings. The standard InChI is InChI=1S/C20H34N2O3/c1-7-9-13-24-18-11-10-17(16(5)21-18)22-19(23)20(6,14-15(3)4)25-12-8-2/h10-11,15H,7-9,12-14H2,1-6H3,(H,22,23)/t20-/m0/s1. The van der Waals surface area contributed by atoms with Crippen LogP contribution in [0.1, 0.15) is 66.0 Å². The summed E-state index contributed by atoms with van der Waals surface area (Å²) in [5, 5.41) is 2.98. The normalized spacial score (nSPS) is 13.6. The van der Waals surface area contributed by atoms with Crippen LogP contribution in [0.15, 0.2) is 12.1 Å². The Balaban J connectivity index is 2.81. The maximum atomic E-state index is 12.8. The summed E-state index contributed by atoms with van der Waals surface area (Å²) >= 11 is 0. The van der Waals surface area contributed by atoms with Crippen molar-refractivity contribution >= 4 is 11.6 Å². The van der Waals surface area contributed by atoms with Crippen molar-refractivity contribution in [1.29, 1.82) is 0 Å². The van der Waals surface area contributed by atoms with Gasteiger partial charge in [-0.15, -0.1) is 0 Å². The van der Waals surface area contributed by atoms with E-state index in [0.29, 0.717) is 37.1 Å². The number of nitrogens with zero attached hydrogens (tertiary/aromatic N) is 1. The summed E-state index contributed by atoms with van der Waals surface area (Å²) in [6, 6.07) is 3.64. The lowest BCUT2D eigenvalue weighted by Gasteiger charge is -2.30. The Kier molecular flexibility index (Phi) is 8.90. The molecule has 0 aliphatic heterocycles. The Morgan fingerprint density at radius 3 is 2.52 bits per heavy atom. The topological polar surface area (TPSA) is 60.5 Å². The molecular weight excluding hydrogens is 316 g/mol. The number of carbonyl (C=O) groups excluding carboxylic acids is 1. The van der Waals surface area contributed by atoms with E-state index in [-0.39, 0.29) is 5.91 Å². The SMILES string of the molecule is CCCCOc1ccc(NC(=O)[C@](C)(CC(C)C)OCCC)c(C)n1. The summed E-state index contributed by atoms with van der Waals surface area (Å²) in [5.41, 5.74) is 0.597. The number of aromatic nitrogens is 1. The van der Waals surface area contributed by atoms with Gasteiger partial charge in [0, 0.05) is 12.7 Å². The van der Waals surface area contributed by atoms with E-state index in [0.717, 1.165) is 25.0 Å². The molecule has 25 heavy (non-hydrogen) atoms. The fourth-order valence-electron chi connectivity index (χ4n) is 2.65. The van der Waals surface area contributed by atoms with Gasteiger partial charge in [0.1, 0.15) is 5.60 Å². The first-order valence-corrected chi connectivity index (χ1v) is 9.38. The highest BCUT2D eigenvalue weighted by Gasteiger charge is 2.35. The Morgan fingerprint density at radius 1 is 1.24 bits per heavy atom. The second-order valence-electron chi connectivity index (χ2n) is 7.12. The zero-order chi connectivity index (χ0) is 18.9. The summed E-state index contributed by atoms with van der Waals surface area (Å²) in [6.07, 6.45) is 3.63. The molecule has 0 spiro atoms. The number of amides is 1. The largest absolute Gasteiger partial charge is 0.478 e. The van der Waals surface area contributed by atoms with E-state index in [1.165, 1.54) is 0 Å². The number of anilines is 1. The number of rotatable bonds is 11. The molecule has 1 N–H and O–H groups in total. The van der Waals surface area contributed by atoms with Crippen LogP contribution < -0.4 is 10.1 Å². The van der Waals surface area contributed by atoms with Gasteiger partial charge in [0.25, 0.3) is 5.91 Å². The molecule has 0 aliphatic carbocycles. The summed E-state index contributed by atoms with van der Waals surface area (Å²) < 4.78 is 11.5. The van der Waals surface area contributed by atoms with Crippen molar-refractivity contribution in [1.82, 2.24) is 4.98 Å². The lowest BCUT2D eigenvalue weighted by molar-refractivity contribution is -0.141.